The Hall–Kier alpha value is -1.62. The molecule has 5 nitrogen and oxygen atoms in total. The van der Waals surface area contributed by atoms with Gasteiger partial charge in [0, 0.05) is 30.8 Å². The summed E-state index contributed by atoms with van der Waals surface area (Å²) < 4.78 is 1.99. The van der Waals surface area contributed by atoms with Crippen molar-refractivity contribution >= 4 is 5.65 Å². The van der Waals surface area contributed by atoms with E-state index in [4.69, 9.17) is 0 Å². The van der Waals surface area contributed by atoms with Gasteiger partial charge in [-0.3, -0.25) is 14.3 Å². The van der Waals surface area contributed by atoms with Gasteiger partial charge in [0.1, 0.15) is 11.5 Å². The van der Waals surface area contributed by atoms with E-state index in [1.807, 2.05) is 10.6 Å². The lowest BCUT2D eigenvalue weighted by atomic mass is 10.1. The highest BCUT2D eigenvalue weighted by molar-refractivity contribution is 5.37. The number of pyridine rings is 1. The van der Waals surface area contributed by atoms with Crippen molar-refractivity contribution in [1.29, 1.82) is 0 Å². The normalized spacial score (nSPS) is 21.4. The van der Waals surface area contributed by atoms with Crippen LogP contribution < -0.4 is 5.43 Å². The Morgan fingerprint density at radius 3 is 3.24 bits per heavy atom. The zero-order valence-electron chi connectivity index (χ0n) is 9.89. The fourth-order valence-electron chi connectivity index (χ4n) is 2.55. The first kappa shape index (κ1) is 10.5. The summed E-state index contributed by atoms with van der Waals surface area (Å²) in [7, 11) is 0. The third-order valence-corrected chi connectivity index (χ3v) is 3.54. The molecule has 1 aliphatic heterocycles. The van der Waals surface area contributed by atoms with Gasteiger partial charge in [-0.05, 0) is 19.5 Å². The van der Waals surface area contributed by atoms with E-state index in [1.165, 1.54) is 0 Å². The van der Waals surface area contributed by atoms with Gasteiger partial charge in [0.15, 0.2) is 5.43 Å². The van der Waals surface area contributed by atoms with Gasteiger partial charge in [-0.15, -0.1) is 0 Å². The summed E-state index contributed by atoms with van der Waals surface area (Å²) in [5, 5.41) is 7.29. The lowest BCUT2D eigenvalue weighted by Gasteiger charge is -2.11. The molecule has 17 heavy (non-hydrogen) atoms. The number of fused-ring (bicyclic) bond motifs is 1. The monoisotopic (exact) mass is 232 g/mol. The largest absolute Gasteiger partial charge is 0.303 e. The van der Waals surface area contributed by atoms with Gasteiger partial charge >= 0.3 is 0 Å². The van der Waals surface area contributed by atoms with Crippen LogP contribution in [0.2, 0.25) is 0 Å². The average Bonchev–Trinajstić information content (AvgIpc) is 2.93. The highest BCUT2D eigenvalue weighted by atomic mass is 16.1. The van der Waals surface area contributed by atoms with Crippen LogP contribution in [0.5, 0.6) is 0 Å². The number of nitrogens with one attached hydrogen (secondary N) is 1. The Bertz CT molecular complexity index is 585. The third kappa shape index (κ3) is 1.76. The minimum atomic E-state index is 0.0156. The van der Waals surface area contributed by atoms with Crippen LogP contribution in [0.25, 0.3) is 5.65 Å². The van der Waals surface area contributed by atoms with Crippen molar-refractivity contribution in [1.82, 2.24) is 19.5 Å². The molecule has 0 bridgehead atoms. The van der Waals surface area contributed by atoms with Gasteiger partial charge in [-0.25, -0.2) is 0 Å². The molecule has 1 N–H and O–H groups in total. The molecular formula is C12H16N4O. The minimum Gasteiger partial charge on any atom is -0.303 e. The van der Waals surface area contributed by atoms with E-state index in [0.717, 1.165) is 37.5 Å². The molecule has 3 rings (SSSR count). The van der Waals surface area contributed by atoms with E-state index in [9.17, 15) is 4.79 Å². The summed E-state index contributed by atoms with van der Waals surface area (Å²) in [6.45, 7) is 5.47. The van der Waals surface area contributed by atoms with Crippen LogP contribution in [-0.4, -0.2) is 39.1 Å². The Morgan fingerprint density at radius 1 is 1.59 bits per heavy atom. The average molecular weight is 232 g/mol. The number of nitrogens with zero attached hydrogens (tertiary/aromatic N) is 3. The van der Waals surface area contributed by atoms with E-state index < -0.39 is 0 Å². The first-order valence-electron chi connectivity index (χ1n) is 6.07. The molecule has 1 unspecified atom stereocenters. The standard InChI is InChI=1S/C12H16N4O/c1-2-15-5-3-9(8-15)12-14-13-11-7-10(17)4-6-16(11)12/h4,6-7,9,13H,2-3,5,8H2,1H3. The van der Waals surface area contributed by atoms with Crippen molar-refractivity contribution in [2.45, 2.75) is 19.3 Å². The molecule has 0 aromatic carbocycles. The molecule has 0 spiro atoms. The van der Waals surface area contributed by atoms with Crippen LogP contribution in [0.15, 0.2) is 23.1 Å². The fraction of sp³-hybridized carbons (Fsp3) is 0.500. The first-order chi connectivity index (χ1) is 8.28. The molecule has 0 amide bonds. The quantitative estimate of drug-likeness (QED) is 0.834. The Kier molecular flexibility index (Phi) is 2.48. The predicted octanol–water partition coefficient (Wildman–Crippen LogP) is 0.832. The molecule has 1 fully saturated rings. The van der Waals surface area contributed by atoms with Crippen molar-refractivity contribution in [3.8, 4) is 0 Å². The molecule has 1 saturated heterocycles. The maximum absolute atomic E-state index is 11.2. The first-order valence-corrected chi connectivity index (χ1v) is 6.07. The van der Waals surface area contributed by atoms with Crippen molar-refractivity contribution in [3.63, 3.8) is 0 Å². The van der Waals surface area contributed by atoms with Gasteiger partial charge in [-0.1, -0.05) is 6.92 Å². The van der Waals surface area contributed by atoms with Crippen LogP contribution in [-0.2, 0) is 0 Å². The topological polar surface area (TPSA) is 53.4 Å². The molecule has 0 radical (unpaired) electrons. The Morgan fingerprint density at radius 2 is 2.47 bits per heavy atom. The molecule has 0 saturated carbocycles. The van der Waals surface area contributed by atoms with Gasteiger partial charge in [0.2, 0.25) is 0 Å². The van der Waals surface area contributed by atoms with Crippen LogP contribution in [0.3, 0.4) is 0 Å². The van der Waals surface area contributed by atoms with Crippen LogP contribution in [0.4, 0.5) is 0 Å². The summed E-state index contributed by atoms with van der Waals surface area (Å²) >= 11 is 0. The van der Waals surface area contributed by atoms with Gasteiger partial charge in [0.05, 0.1) is 0 Å². The van der Waals surface area contributed by atoms with E-state index in [2.05, 4.69) is 22.0 Å². The summed E-state index contributed by atoms with van der Waals surface area (Å²) in [6.07, 6.45) is 2.95. The predicted molar refractivity (Wildman–Crippen MR) is 65.3 cm³/mol. The highest BCUT2D eigenvalue weighted by Crippen LogP contribution is 2.25. The SMILES string of the molecule is CCN1CCC(c2n[nH]c3cc(=O)ccn23)C1. The third-order valence-electron chi connectivity index (χ3n) is 3.54. The summed E-state index contributed by atoms with van der Waals surface area (Å²) in [5.41, 5.74) is 0.796. The fourth-order valence-corrected chi connectivity index (χ4v) is 2.55. The number of likely N-dealkylation sites (N-methyl/N-ethyl adjacent to an activating group) is 1. The van der Waals surface area contributed by atoms with Crippen LogP contribution >= 0.6 is 0 Å². The van der Waals surface area contributed by atoms with Gasteiger partial charge in [0.25, 0.3) is 0 Å². The smallest absolute Gasteiger partial charge is 0.183 e. The molecule has 2 aromatic heterocycles. The van der Waals surface area contributed by atoms with Gasteiger partial charge in [-0.2, -0.15) is 5.10 Å². The number of aromatic amines is 1. The Balaban J connectivity index is 1.98. The number of hydrogen-bond donors (Lipinski definition) is 1. The Labute approximate surface area is 99.1 Å². The maximum Gasteiger partial charge on any atom is 0.183 e. The second-order valence-corrected chi connectivity index (χ2v) is 4.58. The molecule has 3 heterocycles. The number of likely N-dealkylation sites (tertiary alicyclic amines) is 1. The van der Waals surface area contributed by atoms with Gasteiger partial charge < -0.3 is 4.90 Å². The van der Waals surface area contributed by atoms with Crippen LogP contribution in [0.1, 0.15) is 25.1 Å². The molecule has 1 aliphatic rings. The summed E-state index contributed by atoms with van der Waals surface area (Å²) in [6, 6.07) is 3.17. The zero-order valence-corrected chi connectivity index (χ0v) is 9.89. The minimum absolute atomic E-state index is 0.0156. The number of hydrogen-bond acceptors (Lipinski definition) is 3. The second kappa shape index (κ2) is 4.00. The van der Waals surface area contributed by atoms with E-state index in [-0.39, 0.29) is 5.43 Å². The maximum atomic E-state index is 11.2. The highest BCUT2D eigenvalue weighted by Gasteiger charge is 2.26. The van der Waals surface area contributed by atoms with E-state index in [0.29, 0.717) is 5.92 Å². The van der Waals surface area contributed by atoms with Crippen molar-refractivity contribution < 1.29 is 0 Å². The second-order valence-electron chi connectivity index (χ2n) is 4.58. The zero-order chi connectivity index (χ0) is 11.8. The number of H-pyrrole nitrogens is 1. The van der Waals surface area contributed by atoms with Crippen LogP contribution in [0, 0.1) is 0 Å². The van der Waals surface area contributed by atoms with E-state index in [1.54, 1.807) is 12.1 Å². The summed E-state index contributed by atoms with van der Waals surface area (Å²) in [5.74, 6) is 1.50. The number of aromatic nitrogens is 3. The summed E-state index contributed by atoms with van der Waals surface area (Å²) in [4.78, 5) is 13.7. The van der Waals surface area contributed by atoms with E-state index >= 15 is 0 Å². The molecule has 5 heteroatoms. The lowest BCUT2D eigenvalue weighted by Crippen LogP contribution is -2.19. The molecular weight excluding hydrogens is 216 g/mol. The lowest BCUT2D eigenvalue weighted by molar-refractivity contribution is 0.352. The molecule has 1 atom stereocenters. The molecule has 0 aliphatic carbocycles. The molecule has 2 aromatic rings. The molecule has 90 valence electrons. The van der Waals surface area contributed by atoms with Crippen molar-refractivity contribution in [2.75, 3.05) is 19.6 Å². The number of rotatable bonds is 2. The van der Waals surface area contributed by atoms with Crippen molar-refractivity contribution in [2.24, 2.45) is 0 Å². The van der Waals surface area contributed by atoms with Crippen molar-refractivity contribution in [3.05, 3.63) is 34.4 Å².